The number of carbonyl (C=O) groups excluding carboxylic acids is 2. The number of amides is 2. The van der Waals surface area contributed by atoms with E-state index in [1.807, 2.05) is 6.07 Å². The lowest BCUT2D eigenvalue weighted by Gasteiger charge is -2.31. The smallest absolute Gasteiger partial charge is 0.410 e. The molecule has 1 aliphatic carbocycles. The van der Waals surface area contributed by atoms with E-state index in [-0.39, 0.29) is 54.8 Å². The van der Waals surface area contributed by atoms with E-state index >= 15 is 8.78 Å². The van der Waals surface area contributed by atoms with Crippen molar-refractivity contribution in [2.75, 3.05) is 33.3 Å². The molecule has 2 amide bonds. The third-order valence-electron chi connectivity index (χ3n) is 10.8. The molecule has 0 aromatic heterocycles. The molecule has 0 spiro atoms. The number of benzene rings is 4. The molecule has 0 radical (unpaired) electrons. The first-order chi connectivity index (χ1) is 26.5. The number of nitrogens with one attached hydrogen (secondary N) is 1. The molecule has 1 N–H and O–H groups in total. The van der Waals surface area contributed by atoms with Crippen LogP contribution in [0, 0.1) is 11.8 Å². The first-order valence-corrected chi connectivity index (χ1v) is 20.7. The van der Waals surface area contributed by atoms with Crippen molar-refractivity contribution in [3.8, 4) is 22.6 Å². The Kier molecular flexibility index (Phi) is 11.0. The number of carbonyl (C=O) groups is 2. The van der Waals surface area contributed by atoms with Crippen molar-refractivity contribution < 1.29 is 41.0 Å². The molecule has 3 aliphatic rings. The van der Waals surface area contributed by atoms with Crippen molar-refractivity contribution in [2.24, 2.45) is 11.8 Å². The second-order valence-electron chi connectivity index (χ2n) is 15.9. The van der Waals surface area contributed by atoms with Crippen LogP contribution in [0.1, 0.15) is 52.0 Å². The van der Waals surface area contributed by atoms with Crippen LogP contribution in [0.5, 0.6) is 11.5 Å². The highest BCUT2D eigenvalue weighted by Gasteiger charge is 2.53. The predicted octanol–water partition coefficient (Wildman–Crippen LogP) is 8.25. The second-order valence-corrected chi connectivity index (χ2v) is 18.1. The van der Waals surface area contributed by atoms with Gasteiger partial charge >= 0.3 is 6.09 Å². The van der Waals surface area contributed by atoms with E-state index in [1.165, 1.54) is 36.3 Å². The van der Waals surface area contributed by atoms with Crippen LogP contribution in [0.2, 0.25) is 5.02 Å². The van der Waals surface area contributed by atoms with E-state index in [2.05, 4.69) is 4.72 Å². The van der Waals surface area contributed by atoms with Crippen molar-refractivity contribution in [1.82, 2.24) is 14.5 Å². The molecule has 0 bridgehead atoms. The number of sulfonamides is 1. The van der Waals surface area contributed by atoms with Crippen LogP contribution in [0.3, 0.4) is 0 Å². The zero-order valence-electron chi connectivity index (χ0n) is 31.8. The minimum absolute atomic E-state index is 0.0666. The number of likely N-dealkylation sites (tertiary alicyclic amines) is 2. The molecule has 3 fully saturated rings. The molecule has 298 valence electrons. The first kappa shape index (κ1) is 39.8. The van der Waals surface area contributed by atoms with Gasteiger partial charge in [-0.2, -0.15) is 13.5 Å². The molecule has 7 rings (SSSR count). The average Bonchev–Trinajstić information content (AvgIpc) is 3.91. The summed E-state index contributed by atoms with van der Waals surface area (Å²) in [6.07, 6.45) is 3.85. The number of ether oxygens (including phenoxy) is 3. The van der Waals surface area contributed by atoms with Crippen LogP contribution in [-0.4, -0.2) is 81.3 Å². The predicted molar refractivity (Wildman–Crippen MR) is 210 cm³/mol. The van der Waals surface area contributed by atoms with E-state index in [4.69, 9.17) is 25.8 Å². The minimum Gasteiger partial charge on any atom is -0.496 e. The van der Waals surface area contributed by atoms with Gasteiger partial charge in [0.15, 0.2) is 6.04 Å². The lowest BCUT2D eigenvalue weighted by molar-refractivity contribution is -0.143. The standard InChI is InChI=1S/C42H46ClF2N3O7S/c1-41(2,3)55-40(50)48-24-29-22-47(23-30(29)25-48)39(49)38(42(44,45)31-13-18-36(37(21-31)53-4)26-9-14-32(43)15-10-26)46-56(51,52)35-17-12-27-19-34(16-11-28(27)20-35)54-33-7-5-6-8-33/h9-21,29-30,33,38,46H,5-8,22-25H2,1-4H3/t29-,30+,38-/m0/s1. The summed E-state index contributed by atoms with van der Waals surface area (Å²) in [4.78, 5) is 29.7. The van der Waals surface area contributed by atoms with Crippen LogP contribution in [0.15, 0.2) is 83.8 Å². The maximum Gasteiger partial charge on any atom is 0.410 e. The highest BCUT2D eigenvalue weighted by Crippen LogP contribution is 2.41. The number of nitrogens with zero attached hydrogens (tertiary/aromatic N) is 2. The maximum atomic E-state index is 17.0. The Morgan fingerprint density at radius 1 is 0.839 bits per heavy atom. The second kappa shape index (κ2) is 15.5. The fourth-order valence-corrected chi connectivity index (χ4v) is 9.26. The van der Waals surface area contributed by atoms with E-state index < -0.39 is 45.2 Å². The molecule has 2 heterocycles. The van der Waals surface area contributed by atoms with Crippen molar-refractivity contribution in [1.29, 1.82) is 0 Å². The van der Waals surface area contributed by atoms with Crippen LogP contribution >= 0.6 is 11.6 Å². The van der Waals surface area contributed by atoms with E-state index in [1.54, 1.807) is 68.1 Å². The van der Waals surface area contributed by atoms with Gasteiger partial charge in [-0.25, -0.2) is 13.2 Å². The summed E-state index contributed by atoms with van der Waals surface area (Å²) in [5, 5.41) is 1.78. The molecule has 10 nitrogen and oxygen atoms in total. The lowest BCUT2D eigenvalue weighted by Crippen LogP contribution is -2.56. The molecule has 4 aromatic rings. The Balaban J connectivity index is 1.18. The number of fused-ring (bicyclic) bond motifs is 2. The number of hydrogen-bond acceptors (Lipinski definition) is 7. The largest absolute Gasteiger partial charge is 0.496 e. The van der Waals surface area contributed by atoms with Gasteiger partial charge in [0, 0.05) is 54.2 Å². The maximum absolute atomic E-state index is 17.0. The summed E-state index contributed by atoms with van der Waals surface area (Å²) in [6.45, 7) is 6.00. The molecule has 1 saturated carbocycles. The molecule has 3 atom stereocenters. The number of methoxy groups -OCH3 is 1. The van der Waals surface area contributed by atoms with Crippen LogP contribution in [0.4, 0.5) is 13.6 Å². The van der Waals surface area contributed by atoms with Gasteiger partial charge in [-0.1, -0.05) is 48.0 Å². The molecular weight excluding hydrogens is 764 g/mol. The summed E-state index contributed by atoms with van der Waals surface area (Å²) in [5.74, 6) is -4.74. The Bertz CT molecular complexity index is 2210. The zero-order valence-corrected chi connectivity index (χ0v) is 33.3. The molecular formula is C42H46ClF2N3O7S. The average molecular weight is 810 g/mol. The van der Waals surface area contributed by atoms with E-state index in [0.29, 0.717) is 32.7 Å². The third kappa shape index (κ3) is 8.45. The SMILES string of the molecule is COc1cc(C(F)(F)[C@@H](NS(=O)(=O)c2ccc3cc(OC4CCCC4)ccc3c2)C(=O)N2C[C@H]3CN(C(=O)OC(C)(C)C)C[C@H]3C2)ccc1-c1ccc(Cl)cc1. The van der Waals surface area contributed by atoms with E-state index in [9.17, 15) is 18.0 Å². The monoisotopic (exact) mass is 809 g/mol. The fourth-order valence-electron chi connectivity index (χ4n) is 7.91. The summed E-state index contributed by atoms with van der Waals surface area (Å²) < 4.78 is 81.4. The lowest BCUT2D eigenvalue weighted by atomic mass is 9.96. The van der Waals surface area contributed by atoms with Crippen LogP contribution in [0.25, 0.3) is 21.9 Å². The van der Waals surface area contributed by atoms with Crippen molar-refractivity contribution in [3.05, 3.63) is 89.4 Å². The molecule has 4 aromatic carbocycles. The van der Waals surface area contributed by atoms with Gasteiger partial charge in [0.1, 0.15) is 17.1 Å². The molecule has 2 saturated heterocycles. The molecule has 0 unspecified atom stereocenters. The summed E-state index contributed by atoms with van der Waals surface area (Å²) in [7, 11) is -3.35. The van der Waals surface area contributed by atoms with Crippen molar-refractivity contribution >= 4 is 44.4 Å². The van der Waals surface area contributed by atoms with Gasteiger partial charge in [-0.3, -0.25) is 4.79 Å². The molecule has 56 heavy (non-hydrogen) atoms. The third-order valence-corrected chi connectivity index (χ3v) is 12.4. The quantitative estimate of drug-likeness (QED) is 0.172. The van der Waals surface area contributed by atoms with E-state index in [0.717, 1.165) is 31.7 Å². The van der Waals surface area contributed by atoms with Gasteiger partial charge in [0.05, 0.1) is 18.1 Å². The first-order valence-electron chi connectivity index (χ1n) is 18.8. The Labute approximate surface area is 331 Å². The van der Waals surface area contributed by atoms with Gasteiger partial charge in [0.25, 0.3) is 5.92 Å². The van der Waals surface area contributed by atoms with Crippen LogP contribution < -0.4 is 14.2 Å². The Morgan fingerprint density at radius 3 is 2.11 bits per heavy atom. The number of alkyl halides is 2. The minimum atomic E-state index is -4.69. The van der Waals surface area contributed by atoms with Gasteiger partial charge in [0.2, 0.25) is 15.9 Å². The highest BCUT2D eigenvalue weighted by atomic mass is 35.5. The van der Waals surface area contributed by atoms with Crippen molar-refractivity contribution in [3.63, 3.8) is 0 Å². The topological polar surface area (TPSA) is 114 Å². The Morgan fingerprint density at radius 2 is 1.46 bits per heavy atom. The number of hydrogen-bond donors (Lipinski definition) is 1. The van der Waals surface area contributed by atoms with Gasteiger partial charge < -0.3 is 24.0 Å². The molecule has 2 aliphatic heterocycles. The summed E-state index contributed by atoms with van der Waals surface area (Å²) in [6, 6.07) is 17.6. The van der Waals surface area contributed by atoms with Crippen molar-refractivity contribution in [2.45, 2.75) is 75.0 Å². The van der Waals surface area contributed by atoms with Gasteiger partial charge in [-0.05, 0) is 105 Å². The van der Waals surface area contributed by atoms with Gasteiger partial charge in [-0.15, -0.1) is 0 Å². The highest BCUT2D eigenvalue weighted by molar-refractivity contribution is 7.89. The number of rotatable bonds is 10. The summed E-state index contributed by atoms with van der Waals surface area (Å²) in [5.41, 5.74) is -0.147. The fraction of sp³-hybridized carbons (Fsp3) is 0.429. The normalized spacial score (nSPS) is 19.6. The zero-order chi connectivity index (χ0) is 40.0. The summed E-state index contributed by atoms with van der Waals surface area (Å²) >= 11 is 6.06. The number of halogens is 3. The Hall–Kier alpha value is -4.46. The molecule has 14 heteroatoms. The van der Waals surface area contributed by atoms with Crippen LogP contribution in [-0.2, 0) is 25.5 Å².